The van der Waals surface area contributed by atoms with Crippen LogP contribution in [0.3, 0.4) is 0 Å². The summed E-state index contributed by atoms with van der Waals surface area (Å²) in [4.78, 5) is 25.7. The monoisotopic (exact) mass is 317 g/mol. The number of nitrogens with one attached hydrogen (secondary N) is 1. The highest BCUT2D eigenvalue weighted by Crippen LogP contribution is 2.31. The van der Waals surface area contributed by atoms with Gasteiger partial charge in [0.05, 0.1) is 0 Å². The zero-order chi connectivity index (χ0) is 17.0. The molecule has 0 aliphatic heterocycles. The molecule has 1 aromatic rings. The van der Waals surface area contributed by atoms with E-state index in [2.05, 4.69) is 5.32 Å². The maximum atomic E-state index is 12.1. The second-order valence-corrected chi connectivity index (χ2v) is 6.76. The van der Waals surface area contributed by atoms with Crippen molar-refractivity contribution in [2.24, 2.45) is 17.6 Å². The number of rotatable bonds is 7. The predicted octanol–water partition coefficient (Wildman–Crippen LogP) is 1.77. The fourth-order valence-electron chi connectivity index (χ4n) is 2.56. The molecule has 5 heteroatoms. The molecule has 1 atom stereocenters. The Bertz CT molecular complexity index is 550. The highest BCUT2D eigenvalue weighted by molar-refractivity contribution is 5.94. The molecule has 1 fully saturated rings. The number of carbonyl (C=O) groups excluding carboxylic acids is 2. The van der Waals surface area contributed by atoms with Crippen LogP contribution in [0.1, 0.15) is 42.6 Å². The molecule has 0 bridgehead atoms. The molecule has 0 radical (unpaired) electrons. The van der Waals surface area contributed by atoms with Crippen molar-refractivity contribution in [2.75, 3.05) is 13.6 Å². The topological polar surface area (TPSA) is 75.4 Å². The molecule has 2 amide bonds. The van der Waals surface area contributed by atoms with Crippen molar-refractivity contribution in [3.63, 3.8) is 0 Å². The minimum absolute atomic E-state index is 0.0132. The normalized spacial score (nSPS) is 15.3. The van der Waals surface area contributed by atoms with Gasteiger partial charge in [0.2, 0.25) is 5.91 Å². The molecule has 1 unspecified atom stereocenters. The average molecular weight is 317 g/mol. The van der Waals surface area contributed by atoms with Crippen LogP contribution in [0.4, 0.5) is 0 Å². The summed E-state index contributed by atoms with van der Waals surface area (Å²) in [6.45, 7) is 4.85. The zero-order valence-corrected chi connectivity index (χ0v) is 14.2. The molecule has 23 heavy (non-hydrogen) atoms. The average Bonchev–Trinajstić information content (AvgIpc) is 3.36. The van der Waals surface area contributed by atoms with Crippen molar-refractivity contribution in [1.82, 2.24) is 10.2 Å². The lowest BCUT2D eigenvalue weighted by molar-refractivity contribution is -0.133. The van der Waals surface area contributed by atoms with Crippen LogP contribution in [0.15, 0.2) is 24.3 Å². The van der Waals surface area contributed by atoms with Crippen LogP contribution in [0.5, 0.6) is 0 Å². The summed E-state index contributed by atoms with van der Waals surface area (Å²) in [7, 11) is 1.79. The van der Waals surface area contributed by atoms with Gasteiger partial charge < -0.3 is 16.0 Å². The number of nitrogens with zero attached hydrogens (tertiary/aromatic N) is 1. The van der Waals surface area contributed by atoms with Crippen LogP contribution in [0, 0.1) is 11.8 Å². The van der Waals surface area contributed by atoms with Gasteiger partial charge in [-0.3, -0.25) is 9.59 Å². The molecule has 5 nitrogen and oxygen atoms in total. The van der Waals surface area contributed by atoms with E-state index >= 15 is 0 Å². The standard InChI is InChI=1S/C18H27N3O2/c1-12(2)18(23)21(3)11-13-4-6-15(7-5-13)17(22)20-10-16(19)14-8-9-14/h4-7,12,14,16H,8-11,19H2,1-3H3,(H,20,22). The molecule has 1 aromatic carbocycles. The van der Waals surface area contributed by atoms with Gasteiger partial charge in [0.25, 0.3) is 5.91 Å². The van der Waals surface area contributed by atoms with E-state index in [9.17, 15) is 9.59 Å². The predicted molar refractivity (Wildman–Crippen MR) is 90.8 cm³/mol. The summed E-state index contributed by atoms with van der Waals surface area (Å²) >= 11 is 0. The molecule has 2 rings (SSSR count). The van der Waals surface area contributed by atoms with Gasteiger partial charge in [-0.2, -0.15) is 0 Å². The van der Waals surface area contributed by atoms with Crippen molar-refractivity contribution >= 4 is 11.8 Å². The van der Waals surface area contributed by atoms with E-state index < -0.39 is 0 Å². The molecule has 1 aliphatic carbocycles. The van der Waals surface area contributed by atoms with Crippen LogP contribution in [0.2, 0.25) is 0 Å². The summed E-state index contributed by atoms with van der Waals surface area (Å²) in [5.41, 5.74) is 7.61. The first-order valence-corrected chi connectivity index (χ1v) is 8.26. The van der Waals surface area contributed by atoms with Crippen molar-refractivity contribution in [2.45, 2.75) is 39.3 Å². The van der Waals surface area contributed by atoms with Crippen molar-refractivity contribution in [3.8, 4) is 0 Å². The molecule has 0 spiro atoms. The second kappa shape index (κ2) is 7.59. The van der Waals surface area contributed by atoms with Gasteiger partial charge in [-0.25, -0.2) is 0 Å². The lowest BCUT2D eigenvalue weighted by Gasteiger charge is -2.19. The summed E-state index contributed by atoms with van der Waals surface area (Å²) in [6.07, 6.45) is 2.35. The molecule has 1 aliphatic rings. The first kappa shape index (κ1) is 17.5. The van der Waals surface area contributed by atoms with E-state index in [-0.39, 0.29) is 23.8 Å². The molecule has 0 heterocycles. The first-order valence-electron chi connectivity index (χ1n) is 8.26. The Morgan fingerprint density at radius 1 is 1.26 bits per heavy atom. The Morgan fingerprint density at radius 3 is 2.39 bits per heavy atom. The third kappa shape index (κ3) is 5.06. The van der Waals surface area contributed by atoms with Crippen molar-refractivity contribution in [3.05, 3.63) is 35.4 Å². The number of hydrogen-bond acceptors (Lipinski definition) is 3. The third-order valence-electron chi connectivity index (χ3n) is 4.23. The maximum absolute atomic E-state index is 12.1. The molecular formula is C18H27N3O2. The van der Waals surface area contributed by atoms with Crippen LogP contribution in [-0.2, 0) is 11.3 Å². The molecule has 3 N–H and O–H groups in total. The molecule has 0 aromatic heterocycles. The van der Waals surface area contributed by atoms with E-state index in [4.69, 9.17) is 5.73 Å². The van der Waals surface area contributed by atoms with Crippen molar-refractivity contribution < 1.29 is 9.59 Å². The Kier molecular flexibility index (Phi) is 5.77. The van der Waals surface area contributed by atoms with Gasteiger partial charge in [0, 0.05) is 37.7 Å². The van der Waals surface area contributed by atoms with E-state index in [1.54, 1.807) is 24.1 Å². The maximum Gasteiger partial charge on any atom is 0.251 e. The number of amides is 2. The smallest absolute Gasteiger partial charge is 0.251 e. The number of hydrogen-bond donors (Lipinski definition) is 2. The lowest BCUT2D eigenvalue weighted by atomic mass is 10.1. The van der Waals surface area contributed by atoms with Gasteiger partial charge in [0.15, 0.2) is 0 Å². The number of nitrogens with two attached hydrogens (primary N) is 1. The number of benzene rings is 1. The minimum atomic E-state index is -0.0979. The van der Waals surface area contributed by atoms with E-state index in [1.807, 2.05) is 26.0 Å². The Labute approximate surface area is 138 Å². The Balaban J connectivity index is 1.85. The van der Waals surface area contributed by atoms with E-state index in [0.717, 1.165) is 5.56 Å². The molecular weight excluding hydrogens is 290 g/mol. The SMILES string of the molecule is CC(C)C(=O)N(C)Cc1ccc(C(=O)NCC(N)C2CC2)cc1. The molecule has 126 valence electrons. The van der Waals surface area contributed by atoms with Gasteiger partial charge in [-0.1, -0.05) is 26.0 Å². The van der Waals surface area contributed by atoms with Gasteiger partial charge >= 0.3 is 0 Å². The van der Waals surface area contributed by atoms with Crippen LogP contribution in [-0.4, -0.2) is 36.3 Å². The van der Waals surface area contributed by atoms with E-state index in [1.165, 1.54) is 12.8 Å². The quantitative estimate of drug-likeness (QED) is 0.805. The van der Waals surface area contributed by atoms with Crippen molar-refractivity contribution in [1.29, 1.82) is 0 Å². The zero-order valence-electron chi connectivity index (χ0n) is 14.2. The lowest BCUT2D eigenvalue weighted by Crippen LogP contribution is -2.38. The fourth-order valence-corrected chi connectivity index (χ4v) is 2.56. The summed E-state index contributed by atoms with van der Waals surface area (Å²) in [5, 5.41) is 2.88. The summed E-state index contributed by atoms with van der Waals surface area (Å²) in [6, 6.07) is 7.43. The Morgan fingerprint density at radius 2 is 1.87 bits per heavy atom. The fraction of sp³-hybridized carbons (Fsp3) is 0.556. The van der Waals surface area contributed by atoms with Crippen LogP contribution in [0.25, 0.3) is 0 Å². The largest absolute Gasteiger partial charge is 0.350 e. The summed E-state index contributed by atoms with van der Waals surface area (Å²) in [5.74, 6) is 0.576. The highest BCUT2D eigenvalue weighted by atomic mass is 16.2. The summed E-state index contributed by atoms with van der Waals surface area (Å²) < 4.78 is 0. The minimum Gasteiger partial charge on any atom is -0.350 e. The highest BCUT2D eigenvalue weighted by Gasteiger charge is 2.28. The molecule has 0 saturated heterocycles. The van der Waals surface area contributed by atoms with E-state index in [0.29, 0.717) is 24.6 Å². The van der Waals surface area contributed by atoms with Gasteiger partial charge in [-0.15, -0.1) is 0 Å². The first-order chi connectivity index (χ1) is 10.9. The third-order valence-corrected chi connectivity index (χ3v) is 4.23. The number of carbonyl (C=O) groups is 2. The van der Waals surface area contributed by atoms with Crippen LogP contribution < -0.4 is 11.1 Å². The van der Waals surface area contributed by atoms with Crippen LogP contribution >= 0.6 is 0 Å². The Hall–Kier alpha value is -1.88. The van der Waals surface area contributed by atoms with Gasteiger partial charge in [0.1, 0.15) is 0 Å². The van der Waals surface area contributed by atoms with Gasteiger partial charge in [-0.05, 0) is 36.5 Å². The molecule has 1 saturated carbocycles. The second-order valence-electron chi connectivity index (χ2n) is 6.76.